The molecule has 0 spiro atoms. The lowest BCUT2D eigenvalue weighted by Crippen LogP contribution is -2.29. The van der Waals surface area contributed by atoms with Gasteiger partial charge in [-0.05, 0) is 49.8 Å². The Morgan fingerprint density at radius 1 is 0.973 bits per heavy atom. The van der Waals surface area contributed by atoms with Crippen molar-refractivity contribution in [1.29, 1.82) is 0 Å². The average molecular weight is 517 g/mol. The smallest absolute Gasteiger partial charge is 0.225 e. The molecule has 9 nitrogen and oxygen atoms in total. The molecular formula is C27H32N8OS. The largest absolute Gasteiger partial charge is 0.393 e. The van der Waals surface area contributed by atoms with E-state index in [0.29, 0.717) is 18.2 Å². The highest BCUT2D eigenvalue weighted by Crippen LogP contribution is 2.30. The summed E-state index contributed by atoms with van der Waals surface area (Å²) in [6, 6.07) is 16.8. The first-order chi connectivity index (χ1) is 18.1. The Kier molecular flexibility index (Phi) is 6.86. The fourth-order valence-electron chi connectivity index (χ4n) is 5.07. The molecule has 0 amide bonds. The molecule has 0 radical (unpaired) electrons. The van der Waals surface area contributed by atoms with Crippen molar-refractivity contribution in [3.63, 3.8) is 0 Å². The Hall–Kier alpha value is -3.34. The van der Waals surface area contributed by atoms with Gasteiger partial charge in [0, 0.05) is 37.7 Å². The molecule has 37 heavy (non-hydrogen) atoms. The molecule has 6 rings (SSSR count). The highest BCUT2D eigenvalue weighted by Gasteiger charge is 2.22. The molecule has 10 heteroatoms. The van der Waals surface area contributed by atoms with E-state index in [0.717, 1.165) is 72.2 Å². The normalized spacial score (nSPS) is 21.9. The SMILES string of the molecule is N[C@@H]1CCN(c2ccc3nc(Nc4cc(Cc5ccccc5)nc(NC5CCC(O)CC5)n4)sc3n2)C1. The molecule has 3 aromatic heterocycles. The molecule has 1 saturated carbocycles. The van der Waals surface area contributed by atoms with E-state index in [9.17, 15) is 5.11 Å². The third-order valence-corrected chi connectivity index (χ3v) is 7.94. The third kappa shape index (κ3) is 5.82. The fraction of sp³-hybridized carbons (Fsp3) is 0.407. The van der Waals surface area contributed by atoms with Crippen LogP contribution in [0.5, 0.6) is 0 Å². The van der Waals surface area contributed by atoms with Crippen LogP contribution in [0.4, 0.5) is 22.7 Å². The van der Waals surface area contributed by atoms with Crippen LogP contribution in [0.15, 0.2) is 48.5 Å². The van der Waals surface area contributed by atoms with Crippen molar-refractivity contribution < 1.29 is 5.11 Å². The third-order valence-electron chi connectivity index (χ3n) is 7.06. The summed E-state index contributed by atoms with van der Waals surface area (Å²) in [5.74, 6) is 2.25. The lowest BCUT2D eigenvalue weighted by atomic mass is 9.93. The Morgan fingerprint density at radius 2 is 1.81 bits per heavy atom. The van der Waals surface area contributed by atoms with Gasteiger partial charge in [-0.3, -0.25) is 0 Å². The van der Waals surface area contributed by atoms with Gasteiger partial charge in [0.15, 0.2) is 5.13 Å². The van der Waals surface area contributed by atoms with Crippen LogP contribution in [0, 0.1) is 0 Å². The molecule has 1 aromatic carbocycles. The summed E-state index contributed by atoms with van der Waals surface area (Å²) in [6.45, 7) is 1.77. The molecule has 192 valence electrons. The van der Waals surface area contributed by atoms with Gasteiger partial charge < -0.3 is 26.4 Å². The maximum absolute atomic E-state index is 9.87. The van der Waals surface area contributed by atoms with E-state index in [2.05, 4.69) is 27.7 Å². The summed E-state index contributed by atoms with van der Waals surface area (Å²) in [5, 5.41) is 17.5. The summed E-state index contributed by atoms with van der Waals surface area (Å²) >= 11 is 1.52. The van der Waals surface area contributed by atoms with Gasteiger partial charge in [0.05, 0.1) is 11.8 Å². The number of nitrogens with two attached hydrogens (primary N) is 1. The predicted molar refractivity (Wildman–Crippen MR) is 149 cm³/mol. The van der Waals surface area contributed by atoms with Crippen molar-refractivity contribution in [2.75, 3.05) is 28.6 Å². The lowest BCUT2D eigenvalue weighted by Gasteiger charge is -2.26. The zero-order valence-corrected chi connectivity index (χ0v) is 21.5. The molecule has 0 bridgehead atoms. The minimum Gasteiger partial charge on any atom is -0.393 e. The number of benzene rings is 1. The van der Waals surface area contributed by atoms with Crippen molar-refractivity contribution in [3.8, 4) is 0 Å². The molecule has 1 aliphatic heterocycles. The first-order valence-corrected chi connectivity index (χ1v) is 13.8. The minimum absolute atomic E-state index is 0.198. The van der Waals surface area contributed by atoms with E-state index >= 15 is 0 Å². The van der Waals surface area contributed by atoms with Gasteiger partial charge >= 0.3 is 0 Å². The summed E-state index contributed by atoms with van der Waals surface area (Å²) in [6.07, 6.45) is 4.92. The van der Waals surface area contributed by atoms with Gasteiger partial charge in [0.1, 0.15) is 22.0 Å². The van der Waals surface area contributed by atoms with Gasteiger partial charge in [0.25, 0.3) is 0 Å². The van der Waals surface area contributed by atoms with Gasteiger partial charge in [-0.2, -0.15) is 4.98 Å². The summed E-state index contributed by atoms with van der Waals surface area (Å²) < 4.78 is 0. The lowest BCUT2D eigenvalue weighted by molar-refractivity contribution is 0.126. The number of fused-ring (bicyclic) bond motifs is 1. The fourth-order valence-corrected chi connectivity index (χ4v) is 5.91. The number of rotatable bonds is 7. The number of hydrogen-bond donors (Lipinski definition) is 4. The van der Waals surface area contributed by atoms with E-state index in [1.54, 1.807) is 0 Å². The molecule has 0 unspecified atom stereocenters. The van der Waals surface area contributed by atoms with Crippen LogP contribution in [-0.2, 0) is 6.42 Å². The zero-order chi connectivity index (χ0) is 25.2. The zero-order valence-electron chi connectivity index (χ0n) is 20.7. The number of aliphatic hydroxyl groups is 1. The number of aromatic nitrogens is 4. The quantitative estimate of drug-likeness (QED) is 0.288. The second-order valence-electron chi connectivity index (χ2n) is 10.0. The van der Waals surface area contributed by atoms with E-state index in [1.165, 1.54) is 16.9 Å². The second-order valence-corrected chi connectivity index (χ2v) is 11.0. The van der Waals surface area contributed by atoms with E-state index in [-0.39, 0.29) is 18.2 Å². The molecule has 5 N–H and O–H groups in total. The van der Waals surface area contributed by atoms with Crippen molar-refractivity contribution in [2.45, 2.75) is 56.7 Å². The first-order valence-electron chi connectivity index (χ1n) is 13.0. The van der Waals surface area contributed by atoms with Crippen LogP contribution in [0.25, 0.3) is 10.3 Å². The van der Waals surface area contributed by atoms with Gasteiger partial charge in [0.2, 0.25) is 5.95 Å². The van der Waals surface area contributed by atoms with Crippen LogP contribution < -0.4 is 21.3 Å². The van der Waals surface area contributed by atoms with Crippen LogP contribution in [0.2, 0.25) is 0 Å². The monoisotopic (exact) mass is 516 g/mol. The number of nitrogens with one attached hydrogen (secondary N) is 2. The Morgan fingerprint density at radius 3 is 2.59 bits per heavy atom. The Bertz CT molecular complexity index is 1360. The predicted octanol–water partition coefficient (Wildman–Crippen LogP) is 4.07. The molecule has 2 aliphatic rings. The molecule has 4 aromatic rings. The number of pyridine rings is 1. The molecule has 1 aliphatic carbocycles. The Labute approximate surface area is 220 Å². The summed E-state index contributed by atoms with van der Waals surface area (Å²) in [7, 11) is 0. The van der Waals surface area contributed by atoms with Crippen molar-refractivity contribution in [2.24, 2.45) is 5.73 Å². The number of thiazole rings is 1. The number of nitrogens with zero attached hydrogens (tertiary/aromatic N) is 5. The van der Waals surface area contributed by atoms with E-state index in [4.69, 9.17) is 25.7 Å². The minimum atomic E-state index is -0.198. The first kappa shape index (κ1) is 24.0. The van der Waals surface area contributed by atoms with Gasteiger partial charge in [-0.15, -0.1) is 0 Å². The molecule has 4 heterocycles. The van der Waals surface area contributed by atoms with Crippen LogP contribution in [0.3, 0.4) is 0 Å². The Balaban J connectivity index is 1.25. The maximum Gasteiger partial charge on any atom is 0.225 e. The standard InChI is InChI=1S/C27H32N8OS/c28-18-12-13-35(16-18)24-11-10-22-25(34-24)37-27(31-22)33-23-15-20(14-17-4-2-1-3-5-17)30-26(32-23)29-19-6-8-21(36)9-7-19/h1-5,10-11,15,18-19,21,36H,6-9,12-14,16,28H2,(H2,29,30,31,32,33)/t18-,19?,21?/m1/s1. The number of hydrogen-bond acceptors (Lipinski definition) is 10. The topological polar surface area (TPSA) is 125 Å². The highest BCUT2D eigenvalue weighted by molar-refractivity contribution is 7.21. The maximum atomic E-state index is 9.87. The molecule has 2 fully saturated rings. The number of anilines is 4. The van der Waals surface area contributed by atoms with E-state index in [1.807, 2.05) is 36.4 Å². The van der Waals surface area contributed by atoms with Crippen LogP contribution in [0.1, 0.15) is 43.4 Å². The molecular weight excluding hydrogens is 484 g/mol. The number of aliphatic hydroxyl groups excluding tert-OH is 1. The van der Waals surface area contributed by atoms with E-state index < -0.39 is 0 Å². The average Bonchev–Trinajstić information content (AvgIpc) is 3.51. The van der Waals surface area contributed by atoms with Crippen molar-refractivity contribution >= 4 is 44.4 Å². The van der Waals surface area contributed by atoms with Crippen molar-refractivity contribution in [3.05, 3.63) is 59.8 Å². The molecule has 1 saturated heterocycles. The van der Waals surface area contributed by atoms with Gasteiger partial charge in [-0.25, -0.2) is 15.0 Å². The second kappa shape index (κ2) is 10.6. The van der Waals surface area contributed by atoms with Crippen LogP contribution >= 0.6 is 11.3 Å². The highest BCUT2D eigenvalue weighted by atomic mass is 32.1. The van der Waals surface area contributed by atoms with Crippen LogP contribution in [-0.4, -0.2) is 56.3 Å². The van der Waals surface area contributed by atoms with Crippen molar-refractivity contribution in [1.82, 2.24) is 19.9 Å². The van der Waals surface area contributed by atoms with Gasteiger partial charge in [-0.1, -0.05) is 41.7 Å². The summed E-state index contributed by atoms with van der Waals surface area (Å²) in [4.78, 5) is 22.3. The molecule has 1 atom stereocenters. The summed E-state index contributed by atoms with van der Waals surface area (Å²) in [5.41, 5.74) is 9.06.